The fourth-order valence-electron chi connectivity index (χ4n) is 9.84. The van der Waals surface area contributed by atoms with Crippen LogP contribution in [0.5, 0.6) is 0 Å². The highest BCUT2D eigenvalue weighted by atomic mass is 14.9. The van der Waals surface area contributed by atoms with Crippen molar-refractivity contribution in [1.29, 1.82) is 0 Å². The molecule has 0 fully saturated rings. The van der Waals surface area contributed by atoms with Crippen LogP contribution in [0.1, 0.15) is 49.4 Å². The summed E-state index contributed by atoms with van der Waals surface area (Å²) in [6.07, 6.45) is 28.9. The second kappa shape index (κ2) is 29.2. The minimum atomic E-state index is 0.834. The van der Waals surface area contributed by atoms with Gasteiger partial charge in [0.05, 0.1) is 0 Å². The fraction of sp³-hybridized carbons (Fsp3) is 0.0909. The number of allylic oxidation sites excluding steroid dienone is 13. The predicted molar refractivity (Wildman–Crippen MR) is 357 cm³/mol. The number of aromatic nitrogens is 1. The van der Waals surface area contributed by atoms with Crippen LogP contribution in [0.15, 0.2) is 299 Å². The van der Waals surface area contributed by atoms with E-state index >= 15 is 0 Å². The number of hydrogen-bond acceptors (Lipinski definition) is 2. The number of para-hydroxylation sites is 2. The molecule has 0 saturated carbocycles. The van der Waals surface area contributed by atoms with Crippen molar-refractivity contribution in [3.8, 4) is 22.3 Å². The topological polar surface area (TPSA) is 29.0 Å². The molecule has 9 aromatic carbocycles. The average molecular weight is 1040 g/mol. The van der Waals surface area contributed by atoms with Crippen molar-refractivity contribution in [2.75, 3.05) is 5.32 Å². The molecule has 12 rings (SSSR count). The molecule has 80 heavy (non-hydrogen) atoms. The molecule has 0 atom stereocenters. The first-order chi connectivity index (χ1) is 39.2. The first-order valence-corrected chi connectivity index (χ1v) is 27.5. The van der Waals surface area contributed by atoms with E-state index in [1.54, 1.807) is 6.08 Å². The van der Waals surface area contributed by atoms with Crippen molar-refractivity contribution in [2.45, 2.75) is 41.0 Å². The van der Waals surface area contributed by atoms with Gasteiger partial charge < -0.3 is 15.2 Å². The van der Waals surface area contributed by atoms with E-state index in [-0.39, 0.29) is 0 Å². The summed E-state index contributed by atoms with van der Waals surface area (Å²) in [5.74, 6) is 0. The lowest BCUT2D eigenvalue weighted by Gasteiger charge is -2.16. The molecule has 0 bridgehead atoms. The molecule has 398 valence electrons. The second-order valence-corrected chi connectivity index (χ2v) is 19.0. The Kier molecular flexibility index (Phi) is 21.1. The molecule has 0 aliphatic carbocycles. The molecule has 3 heterocycles. The third-order valence-electron chi connectivity index (χ3n) is 13.9. The molecule has 10 aromatic rings. The summed E-state index contributed by atoms with van der Waals surface area (Å²) in [4.78, 5) is 0. The molecule has 0 radical (unpaired) electrons. The quantitative estimate of drug-likeness (QED) is 0.104. The van der Waals surface area contributed by atoms with Gasteiger partial charge in [-0.2, -0.15) is 0 Å². The SMILES string of the molecule is C=C.C=C/C=C\C=C/C.C=C1/C=C\C=C/NC(=C)C1.CC.Cc1ccccc1C.Cn1c2ccccc2c2cc(-c3ccc4c(c3)-c3ccccc3N/C=C/C=C\C(c3ccc5c6ccccc6c6ccccc6c5c3)=C/4)ccc21. The minimum absolute atomic E-state index is 0.834. The van der Waals surface area contributed by atoms with Crippen molar-refractivity contribution in [2.24, 2.45) is 7.05 Å². The molecule has 0 unspecified atom stereocenters. The highest BCUT2D eigenvalue weighted by Gasteiger charge is 2.15. The van der Waals surface area contributed by atoms with Gasteiger partial charge in [0.1, 0.15) is 0 Å². The summed E-state index contributed by atoms with van der Waals surface area (Å²) in [5.41, 5.74) is 16.6. The van der Waals surface area contributed by atoms with E-state index in [1.165, 1.54) is 98.6 Å². The monoisotopic (exact) mass is 1040 g/mol. The summed E-state index contributed by atoms with van der Waals surface area (Å²) in [6, 6.07) is 64.0. The summed E-state index contributed by atoms with van der Waals surface area (Å²) >= 11 is 0. The Bertz CT molecular complexity index is 3970. The Morgan fingerprint density at radius 3 is 1.66 bits per heavy atom. The van der Waals surface area contributed by atoms with Crippen molar-refractivity contribution in [1.82, 2.24) is 9.88 Å². The summed E-state index contributed by atoms with van der Waals surface area (Å²) < 4.78 is 2.29. The molecule has 2 aliphatic rings. The van der Waals surface area contributed by atoms with Gasteiger partial charge in [0.15, 0.2) is 0 Å². The van der Waals surface area contributed by atoms with E-state index in [4.69, 9.17) is 0 Å². The van der Waals surface area contributed by atoms with E-state index < -0.39 is 0 Å². The molecule has 2 aliphatic heterocycles. The van der Waals surface area contributed by atoms with Gasteiger partial charge >= 0.3 is 0 Å². The van der Waals surface area contributed by atoms with Gasteiger partial charge in [0, 0.05) is 64.6 Å². The zero-order valence-electron chi connectivity index (χ0n) is 47.5. The van der Waals surface area contributed by atoms with Gasteiger partial charge in [-0.25, -0.2) is 0 Å². The molecule has 2 N–H and O–H groups in total. The molecule has 3 heteroatoms. The van der Waals surface area contributed by atoms with E-state index in [0.29, 0.717) is 0 Å². The molecule has 1 aromatic heterocycles. The molecule has 0 amide bonds. The number of nitrogens with zero attached hydrogens (tertiary/aromatic N) is 1. The Hall–Kier alpha value is -9.70. The third-order valence-corrected chi connectivity index (χ3v) is 13.9. The van der Waals surface area contributed by atoms with Crippen molar-refractivity contribution in [3.05, 3.63) is 322 Å². The lowest BCUT2D eigenvalue weighted by Crippen LogP contribution is -2.04. The van der Waals surface area contributed by atoms with Gasteiger partial charge in [-0.15, -0.1) is 13.2 Å². The van der Waals surface area contributed by atoms with Crippen LogP contribution in [0.25, 0.3) is 88.0 Å². The number of fused-ring (bicyclic) bond motifs is 12. The molecule has 3 nitrogen and oxygen atoms in total. The zero-order valence-corrected chi connectivity index (χ0v) is 47.5. The van der Waals surface area contributed by atoms with Crippen molar-refractivity contribution >= 4 is 71.5 Å². The predicted octanol–water partition coefficient (Wildman–Crippen LogP) is 21.7. The van der Waals surface area contributed by atoms with Gasteiger partial charge in [-0.3, -0.25) is 0 Å². The lowest BCUT2D eigenvalue weighted by atomic mass is 9.89. The first kappa shape index (κ1) is 58.0. The molecule has 0 saturated heterocycles. The van der Waals surface area contributed by atoms with Crippen LogP contribution in [0.4, 0.5) is 5.69 Å². The first-order valence-electron chi connectivity index (χ1n) is 27.5. The summed E-state index contributed by atoms with van der Waals surface area (Å²) in [6.45, 7) is 27.4. The van der Waals surface area contributed by atoms with Crippen LogP contribution in [0.3, 0.4) is 0 Å². The number of rotatable bonds is 4. The van der Waals surface area contributed by atoms with E-state index in [2.05, 4.69) is 269 Å². The fourth-order valence-corrected chi connectivity index (χ4v) is 9.84. The number of aryl methyl sites for hydroxylation is 3. The maximum Gasteiger partial charge on any atom is 0.0489 e. The Balaban J connectivity index is 0.000000261. The normalized spacial score (nSPS) is 14.8. The highest BCUT2D eigenvalue weighted by molar-refractivity contribution is 6.25. The van der Waals surface area contributed by atoms with E-state index in [0.717, 1.165) is 29.0 Å². The highest BCUT2D eigenvalue weighted by Crippen LogP contribution is 2.40. The Labute approximate surface area is 476 Å². The molecule has 0 spiro atoms. The van der Waals surface area contributed by atoms with Gasteiger partial charge in [-0.1, -0.05) is 228 Å². The average Bonchev–Trinajstić information content (AvgIpc) is 3.77. The lowest BCUT2D eigenvalue weighted by molar-refractivity contribution is 0.978. The van der Waals surface area contributed by atoms with Crippen LogP contribution >= 0.6 is 0 Å². The maximum atomic E-state index is 3.84. The molecular formula is C77H75N3. The number of hydrogen-bond donors (Lipinski definition) is 2. The Morgan fingerprint density at radius 2 is 1.00 bits per heavy atom. The van der Waals surface area contributed by atoms with Crippen molar-refractivity contribution in [3.63, 3.8) is 0 Å². The minimum Gasteiger partial charge on any atom is -0.365 e. The van der Waals surface area contributed by atoms with Crippen molar-refractivity contribution < 1.29 is 0 Å². The second-order valence-electron chi connectivity index (χ2n) is 19.0. The van der Waals surface area contributed by atoms with E-state index in [1.807, 2.05) is 75.7 Å². The van der Waals surface area contributed by atoms with Crippen LogP contribution in [0.2, 0.25) is 0 Å². The van der Waals surface area contributed by atoms with Gasteiger partial charge in [0.2, 0.25) is 0 Å². The largest absolute Gasteiger partial charge is 0.365 e. The number of anilines is 1. The standard InChI is InChI=1S/C49H34N2.C9H11N.C8H10.C7H10.C2H6.C2H4/c1-51-48-20-9-7-18-43(48)46-31-35(24-26-49(46)51)33-21-22-36-28-32(12-10-11-27-50-47-19-8-6-17-42(47)44(36)29-33)34-23-25-41-39-15-3-2-13-37(39)38-14-4-5-16-40(38)45(41)30-34;1-8-5-3-4-6-10-9(2)7-8;1-7-5-3-4-6-8(7)2;1-3-5-7-6-4-2;2*1-2/h2-31,50H,1H3;3-6,10H,1-2,7H2;3-6H,1-2H3;3-7H,1H2,2H3;1-2H3;1-2H2/b12-10-,27-11+,32-28+;5-3-,6-4-;;6-4-,7-5-;;. The van der Waals surface area contributed by atoms with Crippen LogP contribution in [0, 0.1) is 13.8 Å². The summed E-state index contributed by atoms with van der Waals surface area (Å²) in [7, 11) is 2.15. The van der Waals surface area contributed by atoms with Crippen LogP contribution in [-0.2, 0) is 7.05 Å². The van der Waals surface area contributed by atoms with Gasteiger partial charge in [0.25, 0.3) is 0 Å². The van der Waals surface area contributed by atoms with Crippen LogP contribution < -0.4 is 10.6 Å². The Morgan fingerprint density at radius 1 is 0.475 bits per heavy atom. The maximum absolute atomic E-state index is 3.84. The smallest absolute Gasteiger partial charge is 0.0489 e. The van der Waals surface area contributed by atoms with Gasteiger partial charge in [-0.05, 0) is 158 Å². The van der Waals surface area contributed by atoms with Crippen LogP contribution in [-0.4, -0.2) is 4.57 Å². The van der Waals surface area contributed by atoms with E-state index in [9.17, 15) is 0 Å². The summed E-state index contributed by atoms with van der Waals surface area (Å²) in [5, 5.41) is 16.8. The number of nitrogens with one attached hydrogen (secondary N) is 2. The third kappa shape index (κ3) is 14.1. The molecular weight excluding hydrogens is 967 g/mol. The zero-order chi connectivity index (χ0) is 56.8. The number of benzene rings is 9.